The normalized spacial score (nSPS) is 13.7. The van der Waals surface area contributed by atoms with Crippen molar-refractivity contribution in [3.63, 3.8) is 0 Å². The third-order valence-electron chi connectivity index (χ3n) is 2.31. The van der Waals surface area contributed by atoms with Gasteiger partial charge in [-0.15, -0.1) is 0 Å². The Bertz CT molecular complexity index is 413. The molecule has 0 aliphatic heterocycles. The van der Waals surface area contributed by atoms with E-state index in [9.17, 15) is 9.59 Å². The lowest BCUT2D eigenvalue weighted by Gasteiger charge is -2.16. The fourth-order valence-electron chi connectivity index (χ4n) is 1.33. The first kappa shape index (κ1) is 14.5. The zero-order valence-electron chi connectivity index (χ0n) is 9.61. The number of aliphatic carboxylic acids is 1. The minimum absolute atomic E-state index is 0.0146. The van der Waals surface area contributed by atoms with Crippen LogP contribution in [-0.4, -0.2) is 39.8 Å². The maximum absolute atomic E-state index is 11.7. The Balaban J connectivity index is 2.54. The molecule has 0 aromatic carbocycles. The predicted molar refractivity (Wildman–Crippen MR) is 69.3 cm³/mol. The van der Waals surface area contributed by atoms with Gasteiger partial charge in [-0.3, -0.25) is 9.78 Å². The van der Waals surface area contributed by atoms with Gasteiger partial charge in [0.05, 0.1) is 6.04 Å². The summed E-state index contributed by atoms with van der Waals surface area (Å²) < 4.78 is 0. The monoisotopic (exact) mass is 269 g/mol. The van der Waals surface area contributed by atoms with E-state index in [1.807, 2.05) is 0 Å². The smallest absolute Gasteiger partial charge is 0.327 e. The van der Waals surface area contributed by atoms with Crippen molar-refractivity contribution in [1.29, 1.82) is 0 Å². The highest BCUT2D eigenvalue weighted by Gasteiger charge is 2.22. The Morgan fingerprint density at radius 2 is 2.28 bits per heavy atom. The lowest BCUT2D eigenvalue weighted by atomic mass is 10.1. The molecule has 2 atom stereocenters. The molecule has 7 heteroatoms. The number of aromatic nitrogens is 1. The summed E-state index contributed by atoms with van der Waals surface area (Å²) in [6, 6.07) is 1.71. The van der Waals surface area contributed by atoms with Gasteiger partial charge in [-0.1, -0.05) is 6.07 Å². The Hall–Kier alpha value is -1.60. The third-order valence-corrected chi connectivity index (χ3v) is 2.68. The second-order valence-corrected chi connectivity index (χ2v) is 4.12. The van der Waals surface area contributed by atoms with Crippen LogP contribution in [0.25, 0.3) is 0 Å². The molecular weight excluding hydrogens is 254 g/mol. The van der Waals surface area contributed by atoms with Gasteiger partial charge < -0.3 is 16.2 Å². The van der Waals surface area contributed by atoms with E-state index < -0.39 is 24.0 Å². The number of carbonyl (C=O) groups is 2. The van der Waals surface area contributed by atoms with Crippen LogP contribution in [0.5, 0.6) is 0 Å². The molecule has 1 rings (SSSR count). The minimum Gasteiger partial charge on any atom is -0.480 e. The summed E-state index contributed by atoms with van der Waals surface area (Å²) in [5, 5.41) is 11.1. The summed E-state index contributed by atoms with van der Waals surface area (Å²) >= 11 is 3.85. The molecule has 0 aliphatic carbocycles. The zero-order chi connectivity index (χ0) is 13.5. The molecule has 1 aromatic heterocycles. The number of hydrogen-bond acceptors (Lipinski definition) is 5. The van der Waals surface area contributed by atoms with Crippen LogP contribution >= 0.6 is 12.6 Å². The summed E-state index contributed by atoms with van der Waals surface area (Å²) in [6.07, 6.45) is 3.54. The standard InChI is InChI=1S/C11H15N3O3S/c12-8(4-7-2-1-3-13-5-7)10(15)14-9(6-18)11(16)17/h1-3,5,8-9,18H,4,6,12H2,(H,14,15)(H,16,17)/t8-,9-/m0/s1. The molecule has 0 bridgehead atoms. The maximum atomic E-state index is 11.7. The van der Waals surface area contributed by atoms with Crippen LogP contribution in [0.3, 0.4) is 0 Å². The predicted octanol–water partition coefficient (Wildman–Crippen LogP) is -0.549. The molecule has 0 radical (unpaired) electrons. The van der Waals surface area contributed by atoms with Gasteiger partial charge in [-0.25, -0.2) is 4.79 Å². The first-order chi connectivity index (χ1) is 8.54. The number of hydrogen-bond donors (Lipinski definition) is 4. The second-order valence-electron chi connectivity index (χ2n) is 3.75. The molecule has 0 aliphatic rings. The average molecular weight is 269 g/mol. The third kappa shape index (κ3) is 4.34. The molecule has 98 valence electrons. The van der Waals surface area contributed by atoms with E-state index in [0.29, 0.717) is 6.42 Å². The van der Waals surface area contributed by atoms with E-state index in [1.54, 1.807) is 24.5 Å². The van der Waals surface area contributed by atoms with Crippen LogP contribution in [0.2, 0.25) is 0 Å². The molecule has 0 unspecified atom stereocenters. The topological polar surface area (TPSA) is 105 Å². The van der Waals surface area contributed by atoms with Gasteiger partial charge in [0, 0.05) is 18.1 Å². The molecule has 1 heterocycles. The number of carboxylic acids is 1. The number of pyridine rings is 1. The van der Waals surface area contributed by atoms with E-state index in [2.05, 4.69) is 22.9 Å². The fourth-order valence-corrected chi connectivity index (χ4v) is 1.58. The molecule has 0 saturated heterocycles. The molecule has 18 heavy (non-hydrogen) atoms. The first-order valence-electron chi connectivity index (χ1n) is 5.33. The molecule has 4 N–H and O–H groups in total. The zero-order valence-corrected chi connectivity index (χ0v) is 10.5. The van der Waals surface area contributed by atoms with Gasteiger partial charge in [-0.2, -0.15) is 12.6 Å². The number of carbonyl (C=O) groups excluding carboxylic acids is 1. The fraction of sp³-hybridized carbons (Fsp3) is 0.364. The van der Waals surface area contributed by atoms with Crippen molar-refractivity contribution in [2.75, 3.05) is 5.75 Å². The van der Waals surface area contributed by atoms with Gasteiger partial charge in [0.15, 0.2) is 0 Å². The molecular formula is C11H15N3O3S. The number of rotatable bonds is 6. The van der Waals surface area contributed by atoms with Gasteiger partial charge in [0.2, 0.25) is 5.91 Å². The van der Waals surface area contributed by atoms with Crippen LogP contribution in [0.4, 0.5) is 0 Å². The van der Waals surface area contributed by atoms with Gasteiger partial charge in [-0.05, 0) is 18.1 Å². The van der Waals surface area contributed by atoms with Gasteiger partial charge >= 0.3 is 5.97 Å². The summed E-state index contributed by atoms with van der Waals surface area (Å²) in [7, 11) is 0. The van der Waals surface area contributed by atoms with Gasteiger partial charge in [0.1, 0.15) is 6.04 Å². The summed E-state index contributed by atoms with van der Waals surface area (Å²) in [5.41, 5.74) is 6.51. The van der Waals surface area contributed by atoms with Crippen LogP contribution in [0.1, 0.15) is 5.56 Å². The average Bonchev–Trinajstić information content (AvgIpc) is 2.36. The summed E-state index contributed by atoms with van der Waals surface area (Å²) in [6.45, 7) is 0. The number of amides is 1. The van der Waals surface area contributed by atoms with Crippen LogP contribution in [0.15, 0.2) is 24.5 Å². The molecule has 1 amide bonds. The van der Waals surface area contributed by atoms with E-state index in [-0.39, 0.29) is 5.75 Å². The van der Waals surface area contributed by atoms with E-state index in [4.69, 9.17) is 10.8 Å². The van der Waals surface area contributed by atoms with E-state index >= 15 is 0 Å². The number of nitrogens with one attached hydrogen (secondary N) is 1. The van der Waals surface area contributed by atoms with Crippen LogP contribution in [0, 0.1) is 0 Å². The highest BCUT2D eigenvalue weighted by molar-refractivity contribution is 7.80. The van der Waals surface area contributed by atoms with Crippen LogP contribution < -0.4 is 11.1 Å². The molecule has 0 saturated carbocycles. The second kappa shape index (κ2) is 6.97. The van der Waals surface area contributed by atoms with Crippen molar-refractivity contribution in [2.24, 2.45) is 5.73 Å². The van der Waals surface area contributed by atoms with Crippen molar-refractivity contribution in [3.05, 3.63) is 30.1 Å². The number of carboxylic acid groups (broad SMARTS) is 1. The molecule has 0 spiro atoms. The first-order valence-corrected chi connectivity index (χ1v) is 5.96. The summed E-state index contributed by atoms with van der Waals surface area (Å²) in [4.78, 5) is 26.3. The molecule has 6 nitrogen and oxygen atoms in total. The highest BCUT2D eigenvalue weighted by Crippen LogP contribution is 2.00. The maximum Gasteiger partial charge on any atom is 0.327 e. The summed E-state index contributed by atoms with van der Waals surface area (Å²) in [5.74, 6) is -1.63. The largest absolute Gasteiger partial charge is 0.480 e. The van der Waals surface area contributed by atoms with E-state index in [1.165, 1.54) is 0 Å². The quantitative estimate of drug-likeness (QED) is 0.519. The van der Waals surface area contributed by atoms with Gasteiger partial charge in [0.25, 0.3) is 0 Å². The highest BCUT2D eigenvalue weighted by atomic mass is 32.1. The minimum atomic E-state index is -1.13. The number of thiol groups is 1. The Morgan fingerprint density at radius 3 is 2.78 bits per heavy atom. The lowest BCUT2D eigenvalue weighted by molar-refractivity contribution is -0.141. The van der Waals surface area contributed by atoms with Crippen molar-refractivity contribution in [3.8, 4) is 0 Å². The van der Waals surface area contributed by atoms with Crippen LogP contribution in [-0.2, 0) is 16.0 Å². The Morgan fingerprint density at radius 1 is 1.56 bits per heavy atom. The molecule has 0 fully saturated rings. The van der Waals surface area contributed by atoms with Crippen molar-refractivity contribution in [1.82, 2.24) is 10.3 Å². The molecule has 1 aromatic rings. The number of nitrogens with two attached hydrogens (primary N) is 1. The Labute approximate surface area is 110 Å². The lowest BCUT2D eigenvalue weighted by Crippen LogP contribution is -2.50. The number of nitrogens with zero attached hydrogens (tertiary/aromatic N) is 1. The van der Waals surface area contributed by atoms with Crippen molar-refractivity contribution < 1.29 is 14.7 Å². The van der Waals surface area contributed by atoms with Crippen molar-refractivity contribution in [2.45, 2.75) is 18.5 Å². The SMILES string of the molecule is N[C@@H](Cc1cccnc1)C(=O)N[C@@H](CS)C(=O)O. The van der Waals surface area contributed by atoms with E-state index in [0.717, 1.165) is 5.56 Å². The van der Waals surface area contributed by atoms with Crippen molar-refractivity contribution >= 4 is 24.5 Å². The Kier molecular flexibility index (Phi) is 5.60.